The fraction of sp³-hybridized carbons (Fsp3) is 0.500. The Balaban J connectivity index is 1.95. The van der Waals surface area contributed by atoms with Gasteiger partial charge >= 0.3 is 5.97 Å². The van der Waals surface area contributed by atoms with Crippen LogP contribution in [-0.4, -0.2) is 46.3 Å². The minimum Gasteiger partial charge on any atom is -0.465 e. The van der Waals surface area contributed by atoms with Crippen molar-refractivity contribution in [2.24, 2.45) is 7.05 Å². The molecule has 0 unspecified atom stereocenters. The number of ether oxygens (including phenoxy) is 1. The Morgan fingerprint density at radius 2 is 2.12 bits per heavy atom. The second kappa shape index (κ2) is 7.20. The molecule has 0 atom stereocenters. The molecule has 1 aliphatic heterocycles. The number of nitrogens with one attached hydrogen (secondary N) is 1. The molecule has 0 saturated carbocycles. The van der Waals surface area contributed by atoms with Crippen molar-refractivity contribution in [2.75, 3.05) is 19.0 Å². The van der Waals surface area contributed by atoms with Crippen molar-refractivity contribution in [3.05, 3.63) is 33.5 Å². The van der Waals surface area contributed by atoms with E-state index in [0.717, 1.165) is 35.5 Å². The van der Waals surface area contributed by atoms with Crippen LogP contribution in [0.1, 0.15) is 50.7 Å². The molecular weight excluding hydrogens is 352 g/mol. The first-order chi connectivity index (χ1) is 12.3. The van der Waals surface area contributed by atoms with E-state index in [9.17, 15) is 9.59 Å². The number of carbonyl (C=O) groups is 2. The Bertz CT molecular complexity index is 853. The van der Waals surface area contributed by atoms with Gasteiger partial charge in [0.05, 0.1) is 12.7 Å². The summed E-state index contributed by atoms with van der Waals surface area (Å²) in [7, 11) is 3.14. The molecule has 140 valence electrons. The Kier molecular flexibility index (Phi) is 5.15. The third-order valence-electron chi connectivity index (χ3n) is 4.66. The zero-order chi connectivity index (χ0) is 19.0. The van der Waals surface area contributed by atoms with Crippen molar-refractivity contribution in [1.82, 2.24) is 14.7 Å². The van der Waals surface area contributed by atoms with E-state index in [1.807, 2.05) is 6.92 Å². The number of hydrogen-bond acceptors (Lipinski definition) is 6. The maximum absolute atomic E-state index is 12.7. The summed E-state index contributed by atoms with van der Waals surface area (Å²) in [4.78, 5) is 28.5. The molecule has 7 nitrogen and oxygen atoms in total. The van der Waals surface area contributed by atoms with Gasteiger partial charge in [0.15, 0.2) is 5.69 Å². The first-order valence-corrected chi connectivity index (χ1v) is 9.42. The van der Waals surface area contributed by atoms with Crippen molar-refractivity contribution < 1.29 is 14.3 Å². The largest absolute Gasteiger partial charge is 0.465 e. The topological polar surface area (TPSA) is 76.5 Å². The van der Waals surface area contributed by atoms with E-state index in [0.29, 0.717) is 22.3 Å². The molecule has 0 spiro atoms. The lowest BCUT2D eigenvalue weighted by Crippen LogP contribution is -2.35. The molecule has 0 saturated heterocycles. The molecule has 0 aliphatic carbocycles. The van der Waals surface area contributed by atoms with Crippen molar-refractivity contribution in [3.8, 4) is 0 Å². The highest BCUT2D eigenvalue weighted by atomic mass is 32.1. The van der Waals surface area contributed by atoms with Crippen LogP contribution in [0.15, 0.2) is 6.20 Å². The SMILES string of the molecule is COC(=O)c1c(NC(=O)c2nn(C)cc2C)sc2c1CCN(C(C)C)C2. The van der Waals surface area contributed by atoms with Crippen LogP contribution >= 0.6 is 11.3 Å². The number of rotatable bonds is 4. The number of thiophene rings is 1. The molecule has 0 fully saturated rings. The zero-order valence-electron chi connectivity index (χ0n) is 15.8. The van der Waals surface area contributed by atoms with Gasteiger partial charge in [-0.3, -0.25) is 14.4 Å². The number of esters is 1. The quantitative estimate of drug-likeness (QED) is 0.830. The number of anilines is 1. The van der Waals surface area contributed by atoms with Gasteiger partial charge in [-0.1, -0.05) is 0 Å². The van der Waals surface area contributed by atoms with Crippen molar-refractivity contribution in [3.63, 3.8) is 0 Å². The molecular formula is C18H24N4O3S. The highest BCUT2D eigenvalue weighted by Crippen LogP contribution is 2.38. The lowest BCUT2D eigenvalue weighted by Gasteiger charge is -2.30. The smallest absolute Gasteiger partial charge is 0.341 e. The Morgan fingerprint density at radius 1 is 1.38 bits per heavy atom. The van der Waals surface area contributed by atoms with Crippen LogP contribution in [-0.2, 0) is 24.8 Å². The van der Waals surface area contributed by atoms with E-state index in [1.165, 1.54) is 18.4 Å². The van der Waals surface area contributed by atoms with Gasteiger partial charge in [-0.25, -0.2) is 4.79 Å². The van der Waals surface area contributed by atoms with E-state index in [4.69, 9.17) is 4.74 Å². The summed E-state index contributed by atoms with van der Waals surface area (Å²) in [6.45, 7) is 7.82. The van der Waals surface area contributed by atoms with Crippen LogP contribution in [0.25, 0.3) is 0 Å². The first kappa shape index (κ1) is 18.6. The third-order valence-corrected chi connectivity index (χ3v) is 5.79. The van der Waals surface area contributed by atoms with Gasteiger partial charge < -0.3 is 10.1 Å². The minimum atomic E-state index is -0.409. The van der Waals surface area contributed by atoms with Crippen LogP contribution in [0.5, 0.6) is 0 Å². The van der Waals surface area contributed by atoms with Gasteiger partial charge in [-0.05, 0) is 32.8 Å². The van der Waals surface area contributed by atoms with Gasteiger partial charge in [0.25, 0.3) is 5.91 Å². The average Bonchev–Trinajstić information content (AvgIpc) is 3.12. The summed E-state index contributed by atoms with van der Waals surface area (Å²) in [5, 5.41) is 7.63. The number of hydrogen-bond donors (Lipinski definition) is 1. The standard InChI is InChI=1S/C18H24N4O3S/c1-10(2)22-7-6-12-13(9-22)26-17(14(12)18(24)25-5)19-16(23)15-11(3)8-21(4)20-15/h8,10H,6-7,9H2,1-5H3,(H,19,23). The Hall–Kier alpha value is -2.19. The summed E-state index contributed by atoms with van der Waals surface area (Å²) >= 11 is 1.45. The Morgan fingerprint density at radius 3 is 2.69 bits per heavy atom. The highest BCUT2D eigenvalue weighted by Gasteiger charge is 2.30. The number of fused-ring (bicyclic) bond motifs is 1. The maximum Gasteiger partial charge on any atom is 0.341 e. The number of nitrogens with zero attached hydrogens (tertiary/aromatic N) is 3. The second-order valence-electron chi connectivity index (χ2n) is 6.80. The highest BCUT2D eigenvalue weighted by molar-refractivity contribution is 7.17. The molecule has 2 aromatic rings. The first-order valence-electron chi connectivity index (χ1n) is 8.60. The van der Waals surface area contributed by atoms with E-state index >= 15 is 0 Å². The number of amides is 1. The zero-order valence-corrected chi connectivity index (χ0v) is 16.6. The monoisotopic (exact) mass is 376 g/mol. The van der Waals surface area contributed by atoms with Crippen LogP contribution in [0.4, 0.5) is 5.00 Å². The number of aromatic nitrogens is 2. The van der Waals surface area contributed by atoms with E-state index in [2.05, 4.69) is 29.2 Å². The van der Waals surface area contributed by atoms with Gasteiger partial charge in [-0.2, -0.15) is 5.10 Å². The molecule has 1 aliphatic rings. The lowest BCUT2D eigenvalue weighted by atomic mass is 10.0. The fourth-order valence-corrected chi connectivity index (χ4v) is 4.52. The second-order valence-corrected chi connectivity index (χ2v) is 7.91. The lowest BCUT2D eigenvalue weighted by molar-refractivity contribution is 0.0600. The fourth-order valence-electron chi connectivity index (χ4n) is 3.26. The molecule has 8 heteroatoms. The maximum atomic E-state index is 12.7. The molecule has 0 bridgehead atoms. The minimum absolute atomic E-state index is 0.312. The summed E-state index contributed by atoms with van der Waals surface area (Å²) < 4.78 is 6.58. The molecule has 1 N–H and O–H groups in total. The van der Waals surface area contributed by atoms with Gasteiger partial charge in [0, 0.05) is 42.8 Å². The molecule has 1 amide bonds. The summed E-state index contributed by atoms with van der Waals surface area (Å²) in [6.07, 6.45) is 2.56. The van der Waals surface area contributed by atoms with Gasteiger partial charge in [-0.15, -0.1) is 11.3 Å². The van der Waals surface area contributed by atoms with Gasteiger partial charge in [0.1, 0.15) is 5.00 Å². The van der Waals surface area contributed by atoms with Crippen LogP contribution in [0.2, 0.25) is 0 Å². The van der Waals surface area contributed by atoms with Crippen molar-refractivity contribution in [2.45, 2.75) is 39.8 Å². The third kappa shape index (κ3) is 3.39. The summed E-state index contributed by atoms with van der Waals surface area (Å²) in [5.74, 6) is -0.721. The van der Waals surface area contributed by atoms with Crippen LogP contribution in [0.3, 0.4) is 0 Å². The van der Waals surface area contributed by atoms with E-state index in [-0.39, 0.29) is 5.91 Å². The number of carbonyl (C=O) groups excluding carboxylic acids is 2. The van der Waals surface area contributed by atoms with Crippen LogP contribution in [0, 0.1) is 6.92 Å². The normalized spacial score (nSPS) is 14.4. The van der Waals surface area contributed by atoms with E-state index < -0.39 is 5.97 Å². The Labute approximate surface area is 156 Å². The van der Waals surface area contributed by atoms with Crippen molar-refractivity contribution in [1.29, 1.82) is 0 Å². The molecule has 0 aromatic carbocycles. The number of methoxy groups -OCH3 is 1. The molecule has 2 aromatic heterocycles. The van der Waals surface area contributed by atoms with Crippen molar-refractivity contribution >= 4 is 28.2 Å². The van der Waals surface area contributed by atoms with Crippen LogP contribution < -0.4 is 5.32 Å². The summed E-state index contributed by atoms with van der Waals surface area (Å²) in [6, 6.07) is 0.432. The molecule has 3 heterocycles. The summed E-state index contributed by atoms with van der Waals surface area (Å²) in [5.41, 5.74) is 2.63. The van der Waals surface area contributed by atoms with E-state index in [1.54, 1.807) is 17.9 Å². The predicted octanol–water partition coefficient (Wildman–Crippen LogP) is 2.60. The molecule has 26 heavy (non-hydrogen) atoms. The average molecular weight is 376 g/mol. The number of aryl methyl sites for hydroxylation is 2. The predicted molar refractivity (Wildman–Crippen MR) is 101 cm³/mol. The molecule has 0 radical (unpaired) electrons. The molecule has 3 rings (SSSR count). The van der Waals surface area contributed by atoms with Gasteiger partial charge in [0.2, 0.25) is 0 Å².